The van der Waals surface area contributed by atoms with E-state index in [1.807, 2.05) is 11.9 Å². The van der Waals surface area contributed by atoms with Gasteiger partial charge in [0.2, 0.25) is 0 Å². The molecule has 1 aliphatic rings. The van der Waals surface area contributed by atoms with Crippen LogP contribution in [0.3, 0.4) is 0 Å². The Bertz CT molecular complexity index is 140. The lowest BCUT2D eigenvalue weighted by Crippen LogP contribution is -2.68. The number of nitrogens with zero attached hydrogens (tertiary/aromatic N) is 2. The van der Waals surface area contributed by atoms with Crippen LogP contribution in [0.5, 0.6) is 0 Å². The number of aliphatic hydroxyl groups excluding tert-OH is 1. The Hall–Kier alpha value is -0.200. The van der Waals surface area contributed by atoms with E-state index in [-0.39, 0.29) is 0 Å². The normalized spacial score (nSPS) is 37.9. The molecule has 0 aliphatic carbocycles. The van der Waals surface area contributed by atoms with E-state index in [0.717, 1.165) is 6.54 Å². The molecule has 0 aromatic rings. The van der Waals surface area contributed by atoms with E-state index in [1.54, 1.807) is 6.92 Å². The molecule has 1 aliphatic heterocycles. The summed E-state index contributed by atoms with van der Waals surface area (Å²) in [6.45, 7) is 3.12. The molecule has 0 spiro atoms. The molecule has 1 fully saturated rings. The molecule has 1 heterocycles. The Labute approximate surface area is 66.5 Å². The summed E-state index contributed by atoms with van der Waals surface area (Å²) in [5, 5.41) is 10.8. The minimum absolute atomic E-state index is 0.653. The second kappa shape index (κ2) is 2.69. The van der Waals surface area contributed by atoms with Crippen LogP contribution in [0.15, 0.2) is 0 Å². The third-order valence-corrected chi connectivity index (χ3v) is 2.36. The molecule has 5 N–H and O–H groups in total. The van der Waals surface area contributed by atoms with E-state index in [9.17, 15) is 5.11 Å². The summed E-state index contributed by atoms with van der Waals surface area (Å²) in [5.41, 5.74) is 5.87. The van der Waals surface area contributed by atoms with Gasteiger partial charge in [0.15, 0.2) is 5.79 Å². The number of nitrogens with two attached hydrogens (primary N) is 2. The van der Waals surface area contributed by atoms with Crippen LogP contribution in [0.4, 0.5) is 0 Å². The van der Waals surface area contributed by atoms with Gasteiger partial charge in [-0.15, -0.1) is 0 Å². The third-order valence-electron chi connectivity index (χ3n) is 2.36. The molecule has 1 saturated heterocycles. The Morgan fingerprint density at radius 1 is 1.55 bits per heavy atom. The van der Waals surface area contributed by atoms with Crippen molar-refractivity contribution >= 4 is 0 Å². The van der Waals surface area contributed by atoms with E-state index >= 15 is 0 Å². The van der Waals surface area contributed by atoms with Crippen LogP contribution in [0.1, 0.15) is 6.92 Å². The van der Waals surface area contributed by atoms with Crippen molar-refractivity contribution in [3.8, 4) is 0 Å². The van der Waals surface area contributed by atoms with Gasteiger partial charge in [-0.2, -0.15) is 0 Å². The highest BCUT2D eigenvalue weighted by Crippen LogP contribution is 2.19. The molecule has 0 radical (unpaired) electrons. The van der Waals surface area contributed by atoms with Crippen molar-refractivity contribution in [1.29, 1.82) is 0 Å². The van der Waals surface area contributed by atoms with Gasteiger partial charge in [0.25, 0.3) is 0 Å². The highest BCUT2D eigenvalue weighted by Gasteiger charge is 2.44. The van der Waals surface area contributed by atoms with E-state index in [2.05, 4.69) is 0 Å². The van der Waals surface area contributed by atoms with E-state index in [4.69, 9.17) is 11.6 Å². The first-order valence-electron chi connectivity index (χ1n) is 3.70. The molecule has 0 aromatic heterocycles. The van der Waals surface area contributed by atoms with Gasteiger partial charge in [0, 0.05) is 13.1 Å². The lowest BCUT2D eigenvalue weighted by atomic mass is 10.2. The van der Waals surface area contributed by atoms with Crippen molar-refractivity contribution in [3.05, 3.63) is 0 Å². The fourth-order valence-corrected chi connectivity index (χ4v) is 1.39. The summed E-state index contributed by atoms with van der Waals surface area (Å²) in [7, 11) is 1.85. The summed E-state index contributed by atoms with van der Waals surface area (Å²) >= 11 is 0. The predicted octanol–water partition coefficient (Wildman–Crippen LogP) is -1.90. The number of hydrogen-bond donors (Lipinski definition) is 3. The SMILES string of the molecule is CC(O)C1(N)N(C)CCN1N. The molecular weight excluding hydrogens is 144 g/mol. The maximum Gasteiger partial charge on any atom is 0.164 e. The smallest absolute Gasteiger partial charge is 0.164 e. The predicted molar refractivity (Wildman–Crippen MR) is 42.1 cm³/mol. The van der Waals surface area contributed by atoms with Crippen molar-refractivity contribution in [1.82, 2.24) is 9.91 Å². The van der Waals surface area contributed by atoms with Gasteiger partial charge in [0.1, 0.15) is 0 Å². The first-order chi connectivity index (χ1) is 4.99. The minimum Gasteiger partial charge on any atom is -0.389 e. The van der Waals surface area contributed by atoms with Gasteiger partial charge >= 0.3 is 0 Å². The highest BCUT2D eigenvalue weighted by molar-refractivity contribution is 4.91. The topological polar surface area (TPSA) is 78.8 Å². The fraction of sp³-hybridized carbons (Fsp3) is 1.00. The summed E-state index contributed by atoms with van der Waals surface area (Å²) in [6.07, 6.45) is -0.653. The minimum atomic E-state index is -0.889. The lowest BCUT2D eigenvalue weighted by molar-refractivity contribution is -0.0677. The Morgan fingerprint density at radius 2 is 2.09 bits per heavy atom. The zero-order valence-electron chi connectivity index (χ0n) is 6.99. The molecule has 2 unspecified atom stereocenters. The number of aliphatic hydroxyl groups is 1. The maximum absolute atomic E-state index is 9.36. The second-order valence-corrected chi connectivity index (χ2v) is 3.07. The van der Waals surface area contributed by atoms with Crippen molar-refractivity contribution < 1.29 is 5.11 Å². The molecule has 1 rings (SSSR count). The number of hydrogen-bond acceptors (Lipinski definition) is 5. The average molecular weight is 160 g/mol. The van der Waals surface area contributed by atoms with Crippen LogP contribution < -0.4 is 11.6 Å². The van der Waals surface area contributed by atoms with Crippen LogP contribution in [-0.4, -0.2) is 47.0 Å². The van der Waals surface area contributed by atoms with Crippen LogP contribution >= 0.6 is 0 Å². The van der Waals surface area contributed by atoms with Crippen LogP contribution in [-0.2, 0) is 0 Å². The van der Waals surface area contributed by atoms with Gasteiger partial charge in [-0.3, -0.25) is 16.5 Å². The zero-order chi connectivity index (χ0) is 8.65. The molecule has 5 nitrogen and oxygen atoms in total. The van der Waals surface area contributed by atoms with Gasteiger partial charge in [-0.05, 0) is 14.0 Å². The fourth-order valence-electron chi connectivity index (χ4n) is 1.39. The molecule has 0 aromatic carbocycles. The summed E-state index contributed by atoms with van der Waals surface area (Å²) in [4.78, 5) is 1.84. The summed E-state index contributed by atoms with van der Waals surface area (Å²) in [6, 6.07) is 0. The standard InChI is InChI=1S/C6H16N4O/c1-5(11)6(7)9(2)3-4-10(6)8/h5,11H,3-4,7-8H2,1-2H3. The lowest BCUT2D eigenvalue weighted by Gasteiger charge is -2.38. The third kappa shape index (κ3) is 1.15. The quantitative estimate of drug-likeness (QED) is 0.390. The largest absolute Gasteiger partial charge is 0.389 e. The molecule has 5 heteroatoms. The van der Waals surface area contributed by atoms with Gasteiger partial charge in [-0.25, -0.2) is 5.01 Å². The maximum atomic E-state index is 9.36. The number of likely N-dealkylation sites (N-methyl/N-ethyl adjacent to an activating group) is 1. The molecule has 66 valence electrons. The van der Waals surface area contributed by atoms with Crippen molar-refractivity contribution in [2.24, 2.45) is 11.6 Å². The van der Waals surface area contributed by atoms with E-state index < -0.39 is 11.9 Å². The number of hydrazine groups is 1. The van der Waals surface area contributed by atoms with Crippen molar-refractivity contribution in [2.45, 2.75) is 18.8 Å². The van der Waals surface area contributed by atoms with Gasteiger partial charge < -0.3 is 5.11 Å². The summed E-state index contributed by atoms with van der Waals surface area (Å²) in [5.74, 6) is 4.72. The molecule has 11 heavy (non-hydrogen) atoms. The Morgan fingerprint density at radius 3 is 2.27 bits per heavy atom. The first-order valence-corrected chi connectivity index (χ1v) is 3.70. The van der Waals surface area contributed by atoms with Crippen LogP contribution in [0, 0.1) is 0 Å². The van der Waals surface area contributed by atoms with Crippen molar-refractivity contribution in [3.63, 3.8) is 0 Å². The zero-order valence-corrected chi connectivity index (χ0v) is 6.99. The van der Waals surface area contributed by atoms with Gasteiger partial charge in [0.05, 0.1) is 6.10 Å². The highest BCUT2D eigenvalue weighted by atomic mass is 16.3. The summed E-state index contributed by atoms with van der Waals surface area (Å²) < 4.78 is 0. The monoisotopic (exact) mass is 160 g/mol. The number of rotatable bonds is 1. The second-order valence-electron chi connectivity index (χ2n) is 3.07. The van der Waals surface area contributed by atoms with Crippen LogP contribution in [0.25, 0.3) is 0 Å². The first kappa shape index (κ1) is 8.89. The van der Waals surface area contributed by atoms with Gasteiger partial charge in [-0.1, -0.05) is 0 Å². The average Bonchev–Trinajstić information content (AvgIpc) is 2.18. The van der Waals surface area contributed by atoms with E-state index in [1.165, 1.54) is 5.01 Å². The van der Waals surface area contributed by atoms with Crippen molar-refractivity contribution in [2.75, 3.05) is 20.1 Å². The Kier molecular flexibility index (Phi) is 2.17. The van der Waals surface area contributed by atoms with Crippen LogP contribution in [0.2, 0.25) is 0 Å². The van der Waals surface area contributed by atoms with E-state index in [0.29, 0.717) is 6.54 Å². The Balaban J connectivity index is 2.80. The molecular formula is C6H16N4O. The molecule has 2 atom stereocenters. The molecule has 0 bridgehead atoms. The molecule has 0 amide bonds. The molecule has 0 saturated carbocycles.